The fourth-order valence-corrected chi connectivity index (χ4v) is 3.68. The van der Waals surface area contributed by atoms with Gasteiger partial charge in [-0.05, 0) is 49.2 Å². The van der Waals surface area contributed by atoms with Crippen molar-refractivity contribution in [1.82, 2.24) is 4.57 Å². The Bertz CT molecular complexity index is 1050. The van der Waals surface area contributed by atoms with Gasteiger partial charge < -0.3 is 14.0 Å². The molecule has 3 aromatic rings. The number of thiazole rings is 1. The first-order valence-corrected chi connectivity index (χ1v) is 9.22. The van der Waals surface area contributed by atoms with Crippen molar-refractivity contribution in [2.75, 3.05) is 13.7 Å². The van der Waals surface area contributed by atoms with Crippen LogP contribution >= 0.6 is 11.3 Å². The topological polar surface area (TPSA) is 69.9 Å². The zero-order chi connectivity index (χ0) is 19.4. The van der Waals surface area contributed by atoms with E-state index in [-0.39, 0.29) is 13.2 Å². The molecule has 0 N–H and O–H groups in total. The molecule has 2 aromatic carbocycles. The molecule has 0 bridgehead atoms. The van der Waals surface area contributed by atoms with Gasteiger partial charge in [-0.25, -0.2) is 0 Å². The maximum atomic E-state index is 12.3. The molecule has 0 aliphatic carbocycles. The van der Waals surface area contributed by atoms with Gasteiger partial charge >= 0.3 is 5.97 Å². The third kappa shape index (κ3) is 4.43. The summed E-state index contributed by atoms with van der Waals surface area (Å²) in [6.07, 6.45) is 0. The molecule has 0 radical (unpaired) electrons. The van der Waals surface area contributed by atoms with Gasteiger partial charge in [-0.1, -0.05) is 29.5 Å². The molecule has 0 saturated heterocycles. The molecule has 0 saturated carbocycles. The van der Waals surface area contributed by atoms with E-state index >= 15 is 0 Å². The van der Waals surface area contributed by atoms with E-state index in [2.05, 4.69) is 4.99 Å². The van der Waals surface area contributed by atoms with Crippen molar-refractivity contribution in [1.29, 1.82) is 0 Å². The number of aromatic nitrogens is 1. The quantitative estimate of drug-likeness (QED) is 0.634. The van der Waals surface area contributed by atoms with Gasteiger partial charge in [-0.15, -0.1) is 0 Å². The molecule has 3 rings (SSSR count). The monoisotopic (exact) mass is 384 g/mol. The Morgan fingerprint density at radius 2 is 1.81 bits per heavy atom. The highest BCUT2D eigenvalue weighted by atomic mass is 32.1. The summed E-state index contributed by atoms with van der Waals surface area (Å²) in [5.41, 5.74) is 3.09. The number of carbonyl (C=O) groups excluding carboxylic acids is 2. The summed E-state index contributed by atoms with van der Waals surface area (Å²) in [6, 6.07) is 13.1. The van der Waals surface area contributed by atoms with Crippen molar-refractivity contribution in [2.24, 2.45) is 4.99 Å². The number of benzene rings is 2. The SMILES string of the molecule is COC(=O)Cn1c(=NC(=O)COc2ccccc2)sc2cc(C)c(C)cc21. The van der Waals surface area contributed by atoms with E-state index in [1.165, 1.54) is 18.4 Å². The minimum Gasteiger partial charge on any atom is -0.484 e. The predicted octanol–water partition coefficient (Wildman–Crippen LogP) is 3.00. The van der Waals surface area contributed by atoms with E-state index in [0.29, 0.717) is 10.6 Å². The van der Waals surface area contributed by atoms with Crippen LogP contribution in [0, 0.1) is 13.8 Å². The molecule has 6 nitrogen and oxygen atoms in total. The van der Waals surface area contributed by atoms with Crippen LogP contribution in [-0.2, 0) is 20.9 Å². The lowest BCUT2D eigenvalue weighted by Gasteiger charge is -2.06. The van der Waals surface area contributed by atoms with Crippen LogP contribution < -0.4 is 9.54 Å². The third-order valence-electron chi connectivity index (χ3n) is 4.14. The average Bonchev–Trinajstić information content (AvgIpc) is 2.97. The number of methoxy groups -OCH3 is 1. The number of rotatable bonds is 5. The van der Waals surface area contributed by atoms with E-state index in [1.54, 1.807) is 16.7 Å². The normalized spacial score (nSPS) is 11.6. The van der Waals surface area contributed by atoms with Gasteiger partial charge in [0.25, 0.3) is 5.91 Å². The number of para-hydroxylation sites is 1. The Labute approximate surface area is 160 Å². The molecule has 0 fully saturated rings. The number of aryl methyl sites for hydroxylation is 2. The first-order valence-electron chi connectivity index (χ1n) is 8.40. The van der Waals surface area contributed by atoms with Crippen molar-refractivity contribution >= 4 is 33.4 Å². The van der Waals surface area contributed by atoms with E-state index in [1.807, 2.05) is 44.2 Å². The Balaban J connectivity index is 1.95. The second-order valence-corrected chi connectivity index (χ2v) is 7.07. The van der Waals surface area contributed by atoms with Crippen LogP contribution in [0.25, 0.3) is 10.2 Å². The standard InChI is InChI=1S/C20H20N2O4S/c1-13-9-16-17(10-14(13)2)27-20(22(16)11-19(24)25-3)21-18(23)12-26-15-7-5-4-6-8-15/h4-10H,11-12H2,1-3H3. The van der Waals surface area contributed by atoms with Gasteiger partial charge in [0.1, 0.15) is 12.3 Å². The molecule has 1 heterocycles. The summed E-state index contributed by atoms with van der Waals surface area (Å²) >= 11 is 1.36. The van der Waals surface area contributed by atoms with Crippen LogP contribution in [0.15, 0.2) is 47.5 Å². The molecule has 7 heteroatoms. The molecular weight excluding hydrogens is 364 g/mol. The zero-order valence-electron chi connectivity index (χ0n) is 15.4. The Hall–Kier alpha value is -2.93. The van der Waals surface area contributed by atoms with Crippen molar-refractivity contribution in [3.05, 3.63) is 58.4 Å². The van der Waals surface area contributed by atoms with Crippen molar-refractivity contribution in [2.45, 2.75) is 20.4 Å². The van der Waals surface area contributed by atoms with Crippen LogP contribution in [0.2, 0.25) is 0 Å². The lowest BCUT2D eigenvalue weighted by Crippen LogP contribution is -2.23. The molecule has 0 unspecified atom stereocenters. The Kier molecular flexibility index (Phi) is 5.71. The van der Waals surface area contributed by atoms with Crippen molar-refractivity contribution in [3.8, 4) is 5.75 Å². The third-order valence-corrected chi connectivity index (χ3v) is 5.18. The second kappa shape index (κ2) is 8.18. The number of hydrogen-bond donors (Lipinski definition) is 0. The predicted molar refractivity (Wildman–Crippen MR) is 104 cm³/mol. The number of hydrogen-bond acceptors (Lipinski definition) is 5. The van der Waals surface area contributed by atoms with Crippen LogP contribution in [0.1, 0.15) is 11.1 Å². The summed E-state index contributed by atoms with van der Waals surface area (Å²) in [6.45, 7) is 3.85. The number of fused-ring (bicyclic) bond motifs is 1. The maximum Gasteiger partial charge on any atom is 0.325 e. The molecule has 0 spiro atoms. The minimum atomic E-state index is -0.419. The van der Waals surface area contributed by atoms with Crippen LogP contribution in [0.4, 0.5) is 0 Å². The summed E-state index contributed by atoms with van der Waals surface area (Å²) in [7, 11) is 1.34. The number of esters is 1. The smallest absolute Gasteiger partial charge is 0.325 e. The summed E-state index contributed by atoms with van der Waals surface area (Å²) in [4.78, 5) is 28.7. The first-order chi connectivity index (χ1) is 13.0. The van der Waals surface area contributed by atoms with Gasteiger partial charge in [-0.3, -0.25) is 9.59 Å². The molecule has 140 valence electrons. The van der Waals surface area contributed by atoms with E-state index in [4.69, 9.17) is 9.47 Å². The van der Waals surface area contributed by atoms with Gasteiger partial charge in [0.15, 0.2) is 11.4 Å². The highest BCUT2D eigenvalue weighted by Crippen LogP contribution is 2.22. The molecular formula is C20H20N2O4S. The second-order valence-electron chi connectivity index (χ2n) is 6.06. The first kappa shape index (κ1) is 18.8. The summed E-state index contributed by atoms with van der Waals surface area (Å²) in [5, 5.41) is 0. The van der Waals surface area contributed by atoms with Crippen LogP contribution in [0.5, 0.6) is 5.75 Å². The van der Waals surface area contributed by atoms with E-state index in [0.717, 1.165) is 21.3 Å². The molecule has 0 atom stereocenters. The van der Waals surface area contributed by atoms with E-state index in [9.17, 15) is 9.59 Å². The number of amides is 1. The average molecular weight is 384 g/mol. The maximum absolute atomic E-state index is 12.3. The molecule has 0 aliphatic heterocycles. The Morgan fingerprint density at radius 1 is 1.11 bits per heavy atom. The highest BCUT2D eigenvalue weighted by Gasteiger charge is 2.13. The fraction of sp³-hybridized carbons (Fsp3) is 0.250. The Morgan fingerprint density at radius 3 is 2.52 bits per heavy atom. The lowest BCUT2D eigenvalue weighted by atomic mass is 10.1. The lowest BCUT2D eigenvalue weighted by molar-refractivity contribution is -0.141. The van der Waals surface area contributed by atoms with Crippen molar-refractivity contribution < 1.29 is 19.1 Å². The fourth-order valence-electron chi connectivity index (χ4n) is 2.55. The molecule has 0 aliphatic rings. The van der Waals surface area contributed by atoms with E-state index < -0.39 is 11.9 Å². The summed E-state index contributed by atoms with van der Waals surface area (Å²) < 4.78 is 12.9. The largest absolute Gasteiger partial charge is 0.484 e. The number of nitrogens with zero attached hydrogens (tertiary/aromatic N) is 2. The summed E-state index contributed by atoms with van der Waals surface area (Å²) in [5.74, 6) is -0.217. The minimum absolute atomic E-state index is 0.00927. The van der Waals surface area contributed by atoms with Gasteiger partial charge in [-0.2, -0.15) is 4.99 Å². The van der Waals surface area contributed by atoms with Crippen molar-refractivity contribution in [3.63, 3.8) is 0 Å². The number of ether oxygens (including phenoxy) is 2. The highest BCUT2D eigenvalue weighted by molar-refractivity contribution is 7.16. The van der Waals surface area contributed by atoms with Gasteiger partial charge in [0.2, 0.25) is 0 Å². The van der Waals surface area contributed by atoms with Gasteiger partial charge in [0.05, 0.1) is 17.3 Å². The zero-order valence-corrected chi connectivity index (χ0v) is 16.2. The van der Waals surface area contributed by atoms with Crippen LogP contribution in [-0.4, -0.2) is 30.2 Å². The molecule has 1 aromatic heterocycles. The number of carbonyl (C=O) groups is 2. The molecule has 27 heavy (non-hydrogen) atoms. The molecule has 1 amide bonds. The van der Waals surface area contributed by atoms with Gasteiger partial charge in [0, 0.05) is 0 Å². The van der Waals surface area contributed by atoms with Crippen LogP contribution in [0.3, 0.4) is 0 Å².